The summed E-state index contributed by atoms with van der Waals surface area (Å²) >= 11 is 0. The van der Waals surface area contributed by atoms with E-state index in [0.717, 1.165) is 44.9 Å². The molecule has 3 saturated carbocycles. The summed E-state index contributed by atoms with van der Waals surface area (Å²) in [6.07, 6.45) is 9.79. The van der Waals surface area contributed by atoms with Crippen molar-refractivity contribution in [2.45, 2.75) is 96.6 Å². The maximum Gasteiger partial charge on any atom is 0.163 e. The van der Waals surface area contributed by atoms with Crippen molar-refractivity contribution < 1.29 is 19.7 Å². The van der Waals surface area contributed by atoms with Crippen molar-refractivity contribution in [2.24, 2.45) is 28.6 Å². The highest BCUT2D eigenvalue weighted by Gasteiger charge is 2.58. The van der Waals surface area contributed by atoms with Crippen LogP contribution in [-0.4, -0.2) is 41.4 Å². The largest absolute Gasteiger partial charge is 0.396 e. The van der Waals surface area contributed by atoms with E-state index in [-0.39, 0.29) is 42.2 Å². The van der Waals surface area contributed by atoms with Crippen molar-refractivity contribution >= 4 is 0 Å². The van der Waals surface area contributed by atoms with Crippen LogP contribution in [0.4, 0.5) is 0 Å². The van der Waals surface area contributed by atoms with Crippen molar-refractivity contribution in [3.05, 3.63) is 12.2 Å². The van der Waals surface area contributed by atoms with Crippen LogP contribution < -0.4 is 0 Å². The maximum absolute atomic E-state index is 10.7. The van der Waals surface area contributed by atoms with Gasteiger partial charge < -0.3 is 19.7 Å². The van der Waals surface area contributed by atoms with Crippen molar-refractivity contribution in [1.29, 1.82) is 0 Å². The van der Waals surface area contributed by atoms with Crippen LogP contribution in [0.3, 0.4) is 0 Å². The summed E-state index contributed by atoms with van der Waals surface area (Å²) in [7, 11) is 0. The molecule has 1 saturated heterocycles. The molecule has 28 heavy (non-hydrogen) atoms. The topological polar surface area (TPSA) is 58.9 Å². The molecule has 7 atom stereocenters. The molecule has 3 aliphatic carbocycles. The van der Waals surface area contributed by atoms with Gasteiger partial charge in [0.25, 0.3) is 0 Å². The SMILES string of the molecule is C=C1[C@H]2CCC[C@H]1OC(C)(C)O[C@H]1CC(C2)[C@]2(CO)CCC[C@@](C)(CO)C2C1. The van der Waals surface area contributed by atoms with Crippen LogP contribution in [0.25, 0.3) is 0 Å². The first-order valence-corrected chi connectivity index (χ1v) is 11.5. The monoisotopic (exact) mass is 392 g/mol. The van der Waals surface area contributed by atoms with E-state index < -0.39 is 5.79 Å². The standard InChI is InChI=1S/C24H40O4/c1-16-17-7-5-8-20(16)28-22(2,3)27-19-12-18(11-17)24(15-26)10-6-9-23(4,14-25)21(24)13-19/h17-21,25-26H,1,5-15H2,2-4H3/t17-,18?,19-,20+,21?,23-,24+/m0/s1. The first kappa shape index (κ1) is 20.8. The van der Waals surface area contributed by atoms with Gasteiger partial charge in [0.05, 0.1) is 12.2 Å². The third-order valence-corrected chi connectivity index (χ3v) is 8.84. The van der Waals surface area contributed by atoms with Crippen LogP contribution >= 0.6 is 0 Å². The average Bonchev–Trinajstić information content (AvgIpc) is 2.64. The fourth-order valence-corrected chi connectivity index (χ4v) is 7.42. The molecule has 160 valence electrons. The Kier molecular flexibility index (Phi) is 5.48. The first-order valence-electron chi connectivity index (χ1n) is 11.5. The predicted octanol–water partition coefficient (Wildman–Crippen LogP) is 4.44. The highest BCUT2D eigenvalue weighted by atomic mass is 16.7. The Bertz CT molecular complexity index is 601. The van der Waals surface area contributed by atoms with Gasteiger partial charge in [0.1, 0.15) is 0 Å². The number of aliphatic hydroxyl groups excluding tert-OH is 2. The molecule has 0 aromatic heterocycles. The summed E-state index contributed by atoms with van der Waals surface area (Å²) < 4.78 is 13.0. The molecule has 0 amide bonds. The van der Waals surface area contributed by atoms with E-state index in [1.165, 1.54) is 18.4 Å². The van der Waals surface area contributed by atoms with Crippen molar-refractivity contribution in [3.8, 4) is 0 Å². The van der Waals surface area contributed by atoms with Gasteiger partial charge in [-0.05, 0) is 99.4 Å². The van der Waals surface area contributed by atoms with Gasteiger partial charge in [-0.1, -0.05) is 19.9 Å². The molecule has 4 aliphatic rings. The zero-order valence-electron chi connectivity index (χ0n) is 18.1. The summed E-state index contributed by atoms with van der Waals surface area (Å²) in [5.74, 6) is 0.547. The molecule has 0 aromatic carbocycles. The number of fused-ring (bicyclic) bond motifs is 6. The zero-order chi connectivity index (χ0) is 20.2. The van der Waals surface area contributed by atoms with Gasteiger partial charge in [0.2, 0.25) is 0 Å². The number of ether oxygens (including phenoxy) is 2. The second-order valence-corrected chi connectivity index (χ2v) is 11.0. The maximum atomic E-state index is 10.7. The second kappa shape index (κ2) is 7.37. The first-order chi connectivity index (χ1) is 13.2. The average molecular weight is 393 g/mol. The highest BCUT2D eigenvalue weighted by molar-refractivity contribution is 5.14. The lowest BCUT2D eigenvalue weighted by Crippen LogP contribution is -2.58. The molecular weight excluding hydrogens is 352 g/mol. The predicted molar refractivity (Wildman–Crippen MR) is 110 cm³/mol. The lowest BCUT2D eigenvalue weighted by atomic mass is 9.46. The molecule has 4 fully saturated rings. The van der Waals surface area contributed by atoms with Gasteiger partial charge in [-0.15, -0.1) is 0 Å². The summed E-state index contributed by atoms with van der Waals surface area (Å²) in [6, 6.07) is 0. The van der Waals surface area contributed by atoms with E-state index in [1.807, 2.05) is 13.8 Å². The molecule has 2 N–H and O–H groups in total. The minimum absolute atomic E-state index is 0.0857. The smallest absolute Gasteiger partial charge is 0.163 e. The van der Waals surface area contributed by atoms with Crippen LogP contribution in [0.15, 0.2) is 12.2 Å². The molecule has 2 unspecified atom stereocenters. The quantitative estimate of drug-likeness (QED) is 0.682. The number of hydrogen-bond acceptors (Lipinski definition) is 4. The Morgan fingerprint density at radius 3 is 2.46 bits per heavy atom. The van der Waals surface area contributed by atoms with Gasteiger partial charge in [0.15, 0.2) is 5.79 Å². The lowest BCUT2D eigenvalue weighted by molar-refractivity contribution is -0.281. The molecule has 1 aliphatic heterocycles. The van der Waals surface area contributed by atoms with E-state index in [4.69, 9.17) is 9.47 Å². The molecule has 0 spiro atoms. The molecule has 0 aromatic rings. The van der Waals surface area contributed by atoms with E-state index in [1.54, 1.807) is 0 Å². The molecule has 0 radical (unpaired) electrons. The van der Waals surface area contributed by atoms with E-state index in [9.17, 15) is 10.2 Å². The molecule has 4 rings (SSSR count). The Balaban J connectivity index is 1.74. The van der Waals surface area contributed by atoms with E-state index in [0.29, 0.717) is 11.8 Å². The molecule has 4 heteroatoms. The third kappa shape index (κ3) is 3.38. The highest BCUT2D eigenvalue weighted by Crippen LogP contribution is 2.62. The van der Waals surface area contributed by atoms with Crippen molar-refractivity contribution in [1.82, 2.24) is 0 Å². The van der Waals surface area contributed by atoms with Gasteiger partial charge >= 0.3 is 0 Å². The normalized spacial score (nSPS) is 48.6. The van der Waals surface area contributed by atoms with Crippen LogP contribution in [0.1, 0.15) is 78.6 Å². The number of aliphatic hydroxyl groups is 2. The van der Waals surface area contributed by atoms with Crippen molar-refractivity contribution in [2.75, 3.05) is 13.2 Å². The fraction of sp³-hybridized carbons (Fsp3) is 0.917. The Morgan fingerprint density at radius 1 is 0.964 bits per heavy atom. The molecule has 4 nitrogen and oxygen atoms in total. The van der Waals surface area contributed by atoms with Crippen LogP contribution in [0.2, 0.25) is 0 Å². The van der Waals surface area contributed by atoms with Gasteiger partial charge in [-0.25, -0.2) is 0 Å². The van der Waals surface area contributed by atoms with Gasteiger partial charge in [0, 0.05) is 13.2 Å². The molecular formula is C24H40O4. The lowest BCUT2D eigenvalue weighted by Gasteiger charge is -2.61. The Morgan fingerprint density at radius 2 is 1.75 bits per heavy atom. The Hall–Kier alpha value is -0.420. The fourth-order valence-electron chi connectivity index (χ4n) is 7.42. The molecule has 4 bridgehead atoms. The van der Waals surface area contributed by atoms with Crippen LogP contribution in [0.5, 0.6) is 0 Å². The minimum atomic E-state index is -0.633. The third-order valence-electron chi connectivity index (χ3n) is 8.84. The van der Waals surface area contributed by atoms with E-state index in [2.05, 4.69) is 13.5 Å². The summed E-state index contributed by atoms with van der Waals surface area (Å²) in [4.78, 5) is 0. The van der Waals surface area contributed by atoms with Crippen LogP contribution in [-0.2, 0) is 9.47 Å². The summed E-state index contributed by atoms with van der Waals surface area (Å²) in [5, 5.41) is 21.0. The summed E-state index contributed by atoms with van der Waals surface area (Å²) in [5.41, 5.74) is 1.01. The minimum Gasteiger partial charge on any atom is -0.396 e. The van der Waals surface area contributed by atoms with Gasteiger partial charge in [-0.3, -0.25) is 0 Å². The van der Waals surface area contributed by atoms with E-state index >= 15 is 0 Å². The molecule has 1 heterocycles. The second-order valence-electron chi connectivity index (χ2n) is 11.0. The number of rotatable bonds is 2. The number of hydrogen-bond donors (Lipinski definition) is 2. The summed E-state index contributed by atoms with van der Waals surface area (Å²) in [6.45, 7) is 11.2. The zero-order valence-corrected chi connectivity index (χ0v) is 18.1. The van der Waals surface area contributed by atoms with Crippen molar-refractivity contribution in [3.63, 3.8) is 0 Å². The van der Waals surface area contributed by atoms with Crippen LogP contribution in [0, 0.1) is 28.6 Å². The Labute approximate surface area is 170 Å². The van der Waals surface area contributed by atoms with Gasteiger partial charge in [-0.2, -0.15) is 0 Å².